The van der Waals surface area contributed by atoms with E-state index in [1.54, 1.807) is 0 Å². The van der Waals surface area contributed by atoms with E-state index in [0.29, 0.717) is 0 Å². The van der Waals surface area contributed by atoms with Crippen molar-refractivity contribution in [2.45, 2.75) is 9.33 Å². The minimum absolute atomic E-state index is 0.345. The Balaban J connectivity index is 4.06. The summed E-state index contributed by atoms with van der Waals surface area (Å²) in [7, 11) is 0. The molecule has 0 aliphatic rings. The lowest BCUT2D eigenvalue weighted by Crippen LogP contribution is -2.56. The summed E-state index contributed by atoms with van der Waals surface area (Å²) in [5.41, 5.74) is -1.35. The Labute approximate surface area is 113 Å². The van der Waals surface area contributed by atoms with Crippen LogP contribution in [0, 0.1) is 0 Å². The van der Waals surface area contributed by atoms with Crippen LogP contribution >= 0.6 is 34.8 Å². The number of aliphatic hydroxyl groups excluding tert-OH is 3. The molecule has 0 aromatic heterocycles. The summed E-state index contributed by atoms with van der Waals surface area (Å²) >= 11 is 16.1. The van der Waals surface area contributed by atoms with Crippen LogP contribution in [0.4, 0.5) is 0 Å². The molecule has 0 radical (unpaired) electrons. The zero-order valence-corrected chi connectivity index (χ0v) is 11.1. The molecule has 17 heavy (non-hydrogen) atoms. The van der Waals surface area contributed by atoms with Crippen molar-refractivity contribution >= 4 is 40.8 Å². The van der Waals surface area contributed by atoms with E-state index in [1.807, 2.05) is 0 Å². The lowest BCUT2D eigenvalue weighted by atomic mass is 10.0. The number of hydrogen-bond donors (Lipinski definition) is 4. The molecule has 4 N–H and O–H groups in total. The number of carbonyl (C=O) groups excluding carboxylic acids is 1. The minimum atomic E-state index is -1.70. The maximum absolute atomic E-state index is 11.2. The average Bonchev–Trinajstić information content (AvgIpc) is 2.28. The predicted molar refractivity (Wildman–Crippen MR) is 63.2 cm³/mol. The summed E-state index contributed by atoms with van der Waals surface area (Å²) in [6.07, 6.45) is 0. The van der Waals surface area contributed by atoms with Gasteiger partial charge in [-0.2, -0.15) is 0 Å². The topological polar surface area (TPSA) is 99.0 Å². The first-order valence-corrected chi connectivity index (χ1v) is 5.72. The highest BCUT2D eigenvalue weighted by Crippen LogP contribution is 2.25. The SMILES string of the molecule is O=C(CNC(CO)(CO)CO)OCC(Cl)(Cl)Cl. The normalized spacial score (nSPS) is 12.6. The average molecular weight is 311 g/mol. The molecule has 0 heterocycles. The highest BCUT2D eigenvalue weighted by atomic mass is 35.6. The lowest BCUT2D eigenvalue weighted by Gasteiger charge is -2.28. The molecule has 0 aromatic carbocycles. The molecule has 0 bridgehead atoms. The molecule has 0 saturated heterocycles. The van der Waals surface area contributed by atoms with Crippen molar-refractivity contribution in [2.24, 2.45) is 0 Å². The molecular weight excluding hydrogens is 296 g/mol. The van der Waals surface area contributed by atoms with Crippen molar-refractivity contribution in [3.05, 3.63) is 0 Å². The van der Waals surface area contributed by atoms with Crippen LogP contribution in [0.1, 0.15) is 0 Å². The van der Waals surface area contributed by atoms with Gasteiger partial charge in [-0.1, -0.05) is 34.8 Å². The van der Waals surface area contributed by atoms with E-state index in [0.717, 1.165) is 0 Å². The van der Waals surface area contributed by atoms with Gasteiger partial charge in [0.05, 0.1) is 31.9 Å². The molecule has 0 aliphatic carbocycles. The van der Waals surface area contributed by atoms with Gasteiger partial charge in [-0.25, -0.2) is 0 Å². The van der Waals surface area contributed by atoms with Gasteiger partial charge in [0.15, 0.2) is 0 Å². The van der Waals surface area contributed by atoms with Crippen molar-refractivity contribution in [3.63, 3.8) is 0 Å². The van der Waals surface area contributed by atoms with E-state index >= 15 is 0 Å². The molecule has 0 atom stereocenters. The summed E-state index contributed by atoms with van der Waals surface area (Å²) in [4.78, 5) is 11.2. The van der Waals surface area contributed by atoms with Crippen LogP contribution < -0.4 is 5.32 Å². The van der Waals surface area contributed by atoms with Gasteiger partial charge >= 0.3 is 5.97 Å². The van der Waals surface area contributed by atoms with Gasteiger partial charge in [0.1, 0.15) is 6.61 Å². The van der Waals surface area contributed by atoms with Crippen molar-refractivity contribution < 1.29 is 24.9 Å². The summed E-state index contributed by atoms with van der Waals surface area (Å²) in [5.74, 6) is -0.740. The fourth-order valence-electron chi connectivity index (χ4n) is 0.791. The van der Waals surface area contributed by atoms with Crippen LogP contribution in [0.5, 0.6) is 0 Å². The van der Waals surface area contributed by atoms with Crippen LogP contribution in [0.25, 0.3) is 0 Å². The van der Waals surface area contributed by atoms with Gasteiger partial charge in [-0.05, 0) is 0 Å². The molecule has 0 spiro atoms. The fourth-order valence-corrected chi connectivity index (χ4v) is 0.954. The Morgan fingerprint density at radius 1 is 1.12 bits per heavy atom. The molecular formula is C8H14Cl3NO5. The molecule has 0 saturated carbocycles. The number of esters is 1. The first kappa shape index (κ1) is 17.2. The van der Waals surface area contributed by atoms with E-state index in [-0.39, 0.29) is 6.54 Å². The molecule has 0 rings (SSSR count). The number of rotatable bonds is 7. The molecule has 0 aliphatic heterocycles. The molecule has 6 nitrogen and oxygen atoms in total. The zero-order chi connectivity index (χ0) is 13.5. The quantitative estimate of drug-likeness (QED) is 0.363. The van der Waals surface area contributed by atoms with Crippen LogP contribution in [-0.4, -0.2) is 63.6 Å². The molecule has 0 aromatic rings. The third kappa shape index (κ3) is 7.25. The van der Waals surface area contributed by atoms with Crippen LogP contribution in [0.3, 0.4) is 0 Å². The summed E-state index contributed by atoms with van der Waals surface area (Å²) in [6.45, 7) is -2.39. The van der Waals surface area contributed by atoms with Gasteiger partial charge < -0.3 is 20.1 Å². The lowest BCUT2D eigenvalue weighted by molar-refractivity contribution is -0.143. The van der Waals surface area contributed by atoms with Gasteiger partial charge in [-0.3, -0.25) is 10.1 Å². The number of ether oxygens (including phenoxy) is 1. The molecule has 0 fully saturated rings. The van der Waals surface area contributed by atoms with Crippen LogP contribution in [0.2, 0.25) is 0 Å². The summed E-state index contributed by atoms with van der Waals surface area (Å²) in [6, 6.07) is 0. The second-order valence-electron chi connectivity index (χ2n) is 3.38. The number of hydrogen-bond acceptors (Lipinski definition) is 6. The summed E-state index contributed by atoms with van der Waals surface area (Å²) < 4.78 is 2.90. The van der Waals surface area contributed by atoms with Crippen molar-refractivity contribution in [1.29, 1.82) is 0 Å². The van der Waals surface area contributed by atoms with Gasteiger partial charge in [0.25, 0.3) is 0 Å². The van der Waals surface area contributed by atoms with E-state index in [1.165, 1.54) is 0 Å². The number of alkyl halides is 3. The first-order chi connectivity index (χ1) is 7.78. The van der Waals surface area contributed by atoms with Crippen molar-refractivity contribution in [1.82, 2.24) is 5.32 Å². The van der Waals surface area contributed by atoms with Crippen LogP contribution in [-0.2, 0) is 9.53 Å². The van der Waals surface area contributed by atoms with Gasteiger partial charge in [0, 0.05) is 0 Å². The smallest absolute Gasteiger partial charge is 0.320 e. The highest BCUT2D eigenvalue weighted by molar-refractivity contribution is 6.67. The molecule has 102 valence electrons. The maximum Gasteiger partial charge on any atom is 0.320 e. The molecule has 0 unspecified atom stereocenters. The van der Waals surface area contributed by atoms with E-state index < -0.39 is 41.7 Å². The van der Waals surface area contributed by atoms with E-state index in [4.69, 9.17) is 50.1 Å². The highest BCUT2D eigenvalue weighted by Gasteiger charge is 2.29. The Bertz CT molecular complexity index is 234. The minimum Gasteiger partial charge on any atom is -0.460 e. The van der Waals surface area contributed by atoms with Gasteiger partial charge in [0.2, 0.25) is 3.79 Å². The molecule has 0 amide bonds. The third-order valence-corrected chi connectivity index (χ3v) is 2.24. The maximum atomic E-state index is 11.2. The zero-order valence-electron chi connectivity index (χ0n) is 8.83. The monoisotopic (exact) mass is 309 g/mol. The molecule has 9 heteroatoms. The predicted octanol–water partition coefficient (Wildman–Crippen LogP) is -0.795. The standard InChI is InChI=1S/C8H14Cl3NO5/c9-8(10,11)5-17-6(16)1-12-7(2-13,3-14)4-15/h12-15H,1-5H2. The van der Waals surface area contributed by atoms with E-state index in [2.05, 4.69) is 10.1 Å². The number of halogens is 3. The fraction of sp³-hybridized carbons (Fsp3) is 0.875. The van der Waals surface area contributed by atoms with Crippen molar-refractivity contribution in [3.8, 4) is 0 Å². The Morgan fingerprint density at radius 2 is 1.59 bits per heavy atom. The summed E-state index contributed by atoms with van der Waals surface area (Å²) in [5, 5.41) is 29.3. The van der Waals surface area contributed by atoms with Crippen LogP contribution in [0.15, 0.2) is 0 Å². The third-order valence-electron chi connectivity index (χ3n) is 1.91. The van der Waals surface area contributed by atoms with Crippen molar-refractivity contribution in [2.75, 3.05) is 33.0 Å². The Kier molecular flexibility index (Phi) is 7.66. The number of aliphatic hydroxyl groups is 3. The Hall–Kier alpha value is 0.180. The Morgan fingerprint density at radius 3 is 1.94 bits per heavy atom. The largest absolute Gasteiger partial charge is 0.460 e. The number of carbonyl (C=O) groups is 1. The first-order valence-electron chi connectivity index (χ1n) is 4.58. The second-order valence-corrected chi connectivity index (χ2v) is 5.90. The van der Waals surface area contributed by atoms with Gasteiger partial charge in [-0.15, -0.1) is 0 Å². The second kappa shape index (κ2) is 7.58. The van der Waals surface area contributed by atoms with E-state index in [9.17, 15) is 4.79 Å². The number of nitrogens with one attached hydrogen (secondary N) is 1.